The van der Waals surface area contributed by atoms with Gasteiger partial charge in [0.2, 0.25) is 5.91 Å². The van der Waals surface area contributed by atoms with E-state index in [2.05, 4.69) is 10.6 Å². The maximum atomic E-state index is 10.9. The molecule has 0 bridgehead atoms. The van der Waals surface area contributed by atoms with Gasteiger partial charge in [-0.15, -0.1) is 0 Å². The van der Waals surface area contributed by atoms with Crippen LogP contribution in [-0.2, 0) is 4.79 Å². The highest BCUT2D eigenvalue weighted by Crippen LogP contribution is 1.75. The predicted octanol–water partition coefficient (Wildman–Crippen LogP) is -1.32. The molecule has 0 aromatic heterocycles. The van der Waals surface area contributed by atoms with Crippen molar-refractivity contribution in [3.8, 4) is 0 Å². The van der Waals surface area contributed by atoms with Crippen molar-refractivity contribution in [1.29, 1.82) is 0 Å². The third kappa shape index (κ3) is 5.48. The molecule has 0 unspecified atom stereocenters. The van der Waals surface area contributed by atoms with E-state index in [1.165, 1.54) is 0 Å². The van der Waals surface area contributed by atoms with Gasteiger partial charge in [-0.3, -0.25) is 10.2 Å². The number of urea groups is 1. The van der Waals surface area contributed by atoms with Crippen molar-refractivity contribution >= 4 is 11.9 Å². The first-order valence-electron chi connectivity index (χ1n) is 3.60. The molecule has 0 radical (unpaired) electrons. The number of nitrogens with two attached hydrogens (primary N) is 1. The van der Waals surface area contributed by atoms with Crippen molar-refractivity contribution in [3.05, 3.63) is 0 Å². The summed E-state index contributed by atoms with van der Waals surface area (Å²) in [5, 5.41) is 4.85. The maximum absolute atomic E-state index is 10.9. The van der Waals surface area contributed by atoms with Crippen molar-refractivity contribution in [2.75, 3.05) is 6.54 Å². The van der Waals surface area contributed by atoms with Gasteiger partial charge < -0.3 is 10.6 Å². The monoisotopic (exact) mass is 174 g/mol. The topological polar surface area (TPSA) is 96.2 Å². The molecule has 6 heteroatoms. The molecule has 70 valence electrons. The fraction of sp³-hybridized carbons (Fsp3) is 0.667. The third-order valence-electron chi connectivity index (χ3n) is 0.990. The molecule has 0 spiro atoms. The van der Waals surface area contributed by atoms with Crippen LogP contribution in [0.2, 0.25) is 0 Å². The highest BCUT2D eigenvalue weighted by Gasteiger charge is 2.03. The Morgan fingerprint density at radius 2 is 2.00 bits per heavy atom. The lowest BCUT2D eigenvalue weighted by atomic mass is 10.4. The van der Waals surface area contributed by atoms with Crippen LogP contribution >= 0.6 is 0 Å². The summed E-state index contributed by atoms with van der Waals surface area (Å²) in [5.74, 6) is 4.52. The van der Waals surface area contributed by atoms with E-state index in [4.69, 9.17) is 5.84 Å². The Hall–Kier alpha value is -1.30. The van der Waals surface area contributed by atoms with Gasteiger partial charge in [0.1, 0.15) is 0 Å². The highest BCUT2D eigenvalue weighted by molar-refractivity contribution is 5.83. The molecule has 0 atom stereocenters. The molecular formula is C6H14N4O2. The van der Waals surface area contributed by atoms with Crippen molar-refractivity contribution in [3.63, 3.8) is 0 Å². The van der Waals surface area contributed by atoms with Gasteiger partial charge in [-0.25, -0.2) is 10.6 Å². The summed E-state index contributed by atoms with van der Waals surface area (Å²) >= 11 is 0. The Morgan fingerprint density at radius 3 is 2.42 bits per heavy atom. The molecule has 0 aromatic carbocycles. The summed E-state index contributed by atoms with van der Waals surface area (Å²) in [5.41, 5.74) is 1.84. The number of hydrogen-bond acceptors (Lipinski definition) is 3. The van der Waals surface area contributed by atoms with Gasteiger partial charge in [-0.1, -0.05) is 0 Å². The number of carbonyl (C=O) groups excluding carboxylic acids is 2. The van der Waals surface area contributed by atoms with Crippen molar-refractivity contribution in [2.45, 2.75) is 19.9 Å². The zero-order chi connectivity index (χ0) is 9.56. The van der Waals surface area contributed by atoms with Gasteiger partial charge in [-0.2, -0.15) is 0 Å². The number of carbonyl (C=O) groups is 2. The van der Waals surface area contributed by atoms with Gasteiger partial charge in [0.15, 0.2) is 0 Å². The van der Waals surface area contributed by atoms with Gasteiger partial charge in [0.05, 0.1) is 6.54 Å². The molecule has 0 fully saturated rings. The first-order valence-corrected chi connectivity index (χ1v) is 3.60. The first-order chi connectivity index (χ1) is 5.56. The average Bonchev–Trinajstić information content (AvgIpc) is 1.99. The van der Waals surface area contributed by atoms with Crippen molar-refractivity contribution in [2.24, 2.45) is 5.84 Å². The van der Waals surface area contributed by atoms with E-state index in [0.29, 0.717) is 0 Å². The molecule has 6 nitrogen and oxygen atoms in total. The minimum Gasteiger partial charge on any atom is -0.352 e. The fourth-order valence-electron chi connectivity index (χ4n) is 0.585. The van der Waals surface area contributed by atoms with Crippen LogP contribution in [0.15, 0.2) is 0 Å². The lowest BCUT2D eigenvalue weighted by Gasteiger charge is -2.08. The van der Waals surface area contributed by atoms with Gasteiger partial charge in [0, 0.05) is 6.04 Å². The van der Waals surface area contributed by atoms with E-state index < -0.39 is 6.03 Å². The Labute approximate surface area is 70.8 Å². The lowest BCUT2D eigenvalue weighted by Crippen LogP contribution is -2.45. The molecule has 0 aliphatic rings. The lowest BCUT2D eigenvalue weighted by molar-refractivity contribution is -0.120. The molecule has 0 aromatic rings. The molecule has 3 amide bonds. The molecule has 5 N–H and O–H groups in total. The van der Waals surface area contributed by atoms with Crippen molar-refractivity contribution in [1.82, 2.24) is 16.1 Å². The second-order valence-electron chi connectivity index (χ2n) is 2.55. The second kappa shape index (κ2) is 5.36. The predicted molar refractivity (Wildman–Crippen MR) is 44.0 cm³/mol. The van der Waals surface area contributed by atoms with Crippen LogP contribution in [0.1, 0.15) is 13.8 Å². The van der Waals surface area contributed by atoms with Crippen LogP contribution in [0, 0.1) is 0 Å². The molecule has 0 aliphatic carbocycles. The largest absolute Gasteiger partial charge is 0.352 e. The third-order valence-corrected chi connectivity index (χ3v) is 0.990. The summed E-state index contributed by atoms with van der Waals surface area (Å²) in [4.78, 5) is 21.4. The van der Waals surface area contributed by atoms with Crippen LogP contribution in [0.25, 0.3) is 0 Å². The minimum atomic E-state index is -0.575. The summed E-state index contributed by atoms with van der Waals surface area (Å²) in [6.45, 7) is 3.60. The van der Waals surface area contributed by atoms with Crippen molar-refractivity contribution < 1.29 is 9.59 Å². The van der Waals surface area contributed by atoms with Gasteiger partial charge >= 0.3 is 6.03 Å². The molecule has 0 saturated carbocycles. The standard InChI is InChI=1S/C6H14N4O2/c1-4(2)9-5(11)3-8-6(12)10-7/h4H,3,7H2,1-2H3,(H,9,11)(H2,8,10,12). The zero-order valence-electron chi connectivity index (χ0n) is 7.18. The van der Waals surface area contributed by atoms with Gasteiger partial charge in [0.25, 0.3) is 0 Å². The zero-order valence-corrected chi connectivity index (χ0v) is 7.18. The van der Waals surface area contributed by atoms with Crippen LogP contribution < -0.4 is 21.9 Å². The minimum absolute atomic E-state index is 0.0682. The fourth-order valence-corrected chi connectivity index (χ4v) is 0.585. The summed E-state index contributed by atoms with van der Waals surface area (Å²) in [7, 11) is 0. The van der Waals surface area contributed by atoms with Gasteiger partial charge in [-0.05, 0) is 13.8 Å². The Bertz CT molecular complexity index is 169. The van der Waals surface area contributed by atoms with E-state index in [-0.39, 0.29) is 18.5 Å². The maximum Gasteiger partial charge on any atom is 0.329 e. The number of nitrogens with one attached hydrogen (secondary N) is 3. The second-order valence-corrected chi connectivity index (χ2v) is 2.55. The Morgan fingerprint density at radius 1 is 1.42 bits per heavy atom. The van der Waals surface area contributed by atoms with Crippen LogP contribution in [-0.4, -0.2) is 24.5 Å². The smallest absolute Gasteiger partial charge is 0.329 e. The molecule has 0 heterocycles. The molecule has 12 heavy (non-hydrogen) atoms. The van der Waals surface area contributed by atoms with Crippen LogP contribution in [0.5, 0.6) is 0 Å². The van der Waals surface area contributed by atoms with Crippen LogP contribution in [0.4, 0.5) is 4.79 Å². The van der Waals surface area contributed by atoms with E-state index in [0.717, 1.165) is 0 Å². The average molecular weight is 174 g/mol. The highest BCUT2D eigenvalue weighted by atomic mass is 16.2. The Balaban J connectivity index is 3.51. The SMILES string of the molecule is CC(C)NC(=O)CNC(=O)NN. The quantitative estimate of drug-likeness (QED) is 0.243. The van der Waals surface area contributed by atoms with E-state index in [9.17, 15) is 9.59 Å². The van der Waals surface area contributed by atoms with E-state index in [1.54, 1.807) is 0 Å². The molecule has 0 saturated heterocycles. The van der Waals surface area contributed by atoms with Crippen LogP contribution in [0.3, 0.4) is 0 Å². The Kier molecular flexibility index (Phi) is 4.78. The summed E-state index contributed by atoms with van der Waals surface area (Å²) < 4.78 is 0. The molecular weight excluding hydrogens is 160 g/mol. The number of amides is 3. The summed E-state index contributed by atoms with van der Waals surface area (Å²) in [6, 6.07) is -0.505. The van der Waals surface area contributed by atoms with E-state index >= 15 is 0 Å². The normalized spacial score (nSPS) is 9.33. The molecule has 0 rings (SSSR count). The first kappa shape index (κ1) is 10.7. The molecule has 0 aliphatic heterocycles. The number of rotatable bonds is 3. The number of hydrogen-bond donors (Lipinski definition) is 4. The van der Waals surface area contributed by atoms with E-state index in [1.807, 2.05) is 19.3 Å². The number of hydrazine groups is 1. The summed E-state index contributed by atoms with van der Waals surface area (Å²) in [6.07, 6.45) is 0.